The van der Waals surface area contributed by atoms with Gasteiger partial charge in [0.15, 0.2) is 0 Å². The summed E-state index contributed by atoms with van der Waals surface area (Å²) in [5, 5.41) is 0. The Kier molecular flexibility index (Phi) is 3.48. The van der Waals surface area contributed by atoms with Crippen LogP contribution < -0.4 is 10.5 Å². The lowest BCUT2D eigenvalue weighted by Crippen LogP contribution is -2.22. The lowest BCUT2D eigenvalue weighted by molar-refractivity contribution is 0.416. The highest BCUT2D eigenvalue weighted by atomic mass is 79.9. The lowest BCUT2D eigenvalue weighted by atomic mass is 10.1. The van der Waals surface area contributed by atoms with Crippen molar-refractivity contribution in [2.75, 3.05) is 13.7 Å². The van der Waals surface area contributed by atoms with Crippen LogP contribution in [0.25, 0.3) is 11.3 Å². The quantitative estimate of drug-likeness (QED) is 0.934. The van der Waals surface area contributed by atoms with Crippen molar-refractivity contribution in [3.63, 3.8) is 0 Å². The molecule has 0 saturated heterocycles. The van der Waals surface area contributed by atoms with Crippen LogP contribution in [0, 0.1) is 0 Å². The van der Waals surface area contributed by atoms with Gasteiger partial charge in [0.2, 0.25) is 0 Å². The normalized spacial score (nSPS) is 15.9. The number of rotatable bonds is 4. The van der Waals surface area contributed by atoms with E-state index in [1.165, 1.54) is 0 Å². The maximum atomic E-state index is 5.86. The third-order valence-electron chi connectivity index (χ3n) is 3.81. The van der Waals surface area contributed by atoms with Crippen molar-refractivity contribution in [1.29, 1.82) is 0 Å². The van der Waals surface area contributed by atoms with Gasteiger partial charge in [-0.15, -0.1) is 0 Å². The van der Waals surface area contributed by atoms with E-state index in [0.717, 1.165) is 40.1 Å². The summed E-state index contributed by atoms with van der Waals surface area (Å²) < 4.78 is 6.41. The Bertz CT molecular complexity index is 641. The Hall–Kier alpha value is -1.46. The van der Waals surface area contributed by atoms with Crippen LogP contribution in [0.2, 0.25) is 0 Å². The van der Waals surface area contributed by atoms with Gasteiger partial charge >= 0.3 is 0 Å². The van der Waals surface area contributed by atoms with E-state index < -0.39 is 0 Å². The summed E-state index contributed by atoms with van der Waals surface area (Å²) in [6, 6.07) is 7.79. The van der Waals surface area contributed by atoms with Gasteiger partial charge < -0.3 is 10.5 Å². The maximum Gasteiger partial charge on any atom is 0.136 e. The largest absolute Gasteiger partial charge is 0.496 e. The summed E-state index contributed by atoms with van der Waals surface area (Å²) in [5.41, 5.74) is 7.68. The molecule has 1 fully saturated rings. The molecular weight excluding hydrogens is 318 g/mol. The summed E-state index contributed by atoms with van der Waals surface area (Å²) in [6.07, 6.45) is 3.94. The molecule has 3 rings (SSSR count). The molecule has 4 nitrogen and oxygen atoms in total. The van der Waals surface area contributed by atoms with Crippen molar-refractivity contribution >= 4 is 15.9 Å². The van der Waals surface area contributed by atoms with E-state index in [1.54, 1.807) is 13.3 Å². The number of halogens is 1. The number of methoxy groups -OCH3 is 1. The molecule has 2 N–H and O–H groups in total. The van der Waals surface area contributed by atoms with Crippen molar-refractivity contribution in [2.24, 2.45) is 5.73 Å². The molecule has 1 heterocycles. The van der Waals surface area contributed by atoms with E-state index in [-0.39, 0.29) is 5.41 Å². The number of nitrogens with zero attached hydrogens (tertiary/aromatic N) is 2. The van der Waals surface area contributed by atoms with E-state index in [0.29, 0.717) is 6.54 Å². The minimum atomic E-state index is -0.00470. The molecule has 0 amide bonds. The summed E-state index contributed by atoms with van der Waals surface area (Å²) in [6.45, 7) is 0.603. The summed E-state index contributed by atoms with van der Waals surface area (Å²) in [5.74, 6) is 1.65. The lowest BCUT2D eigenvalue weighted by Gasteiger charge is -2.13. The molecule has 1 aromatic heterocycles. The predicted molar refractivity (Wildman–Crippen MR) is 81.7 cm³/mol. The Morgan fingerprint density at radius 3 is 2.80 bits per heavy atom. The van der Waals surface area contributed by atoms with Gasteiger partial charge in [-0.3, -0.25) is 0 Å². The number of ether oxygens (including phenoxy) is 1. The fourth-order valence-corrected chi connectivity index (χ4v) is 2.68. The summed E-state index contributed by atoms with van der Waals surface area (Å²) in [4.78, 5) is 9.11. The molecule has 0 radical (unpaired) electrons. The van der Waals surface area contributed by atoms with Gasteiger partial charge in [0.25, 0.3) is 0 Å². The Morgan fingerprint density at radius 2 is 2.15 bits per heavy atom. The van der Waals surface area contributed by atoms with Crippen LogP contribution in [0.3, 0.4) is 0 Å². The second kappa shape index (κ2) is 5.14. The van der Waals surface area contributed by atoms with E-state index in [9.17, 15) is 0 Å². The Balaban J connectivity index is 2.07. The van der Waals surface area contributed by atoms with E-state index in [4.69, 9.17) is 15.5 Å². The second-order valence-electron chi connectivity index (χ2n) is 5.09. The van der Waals surface area contributed by atoms with Gasteiger partial charge in [0.05, 0.1) is 12.8 Å². The van der Waals surface area contributed by atoms with Crippen molar-refractivity contribution in [2.45, 2.75) is 18.3 Å². The molecule has 0 spiro atoms. The van der Waals surface area contributed by atoms with Gasteiger partial charge in [-0.25, -0.2) is 9.97 Å². The van der Waals surface area contributed by atoms with Crippen molar-refractivity contribution in [3.05, 3.63) is 40.8 Å². The van der Waals surface area contributed by atoms with Crippen LogP contribution >= 0.6 is 15.9 Å². The molecule has 1 aliphatic carbocycles. The number of hydrogen-bond donors (Lipinski definition) is 1. The first-order valence-electron chi connectivity index (χ1n) is 6.56. The van der Waals surface area contributed by atoms with Crippen LogP contribution in [0.4, 0.5) is 0 Å². The average molecular weight is 334 g/mol. The number of aromatic nitrogens is 2. The van der Waals surface area contributed by atoms with E-state index in [1.807, 2.05) is 24.3 Å². The minimum absolute atomic E-state index is 0.00470. The molecule has 0 aliphatic heterocycles. The number of hydrogen-bond acceptors (Lipinski definition) is 4. The Labute approximate surface area is 126 Å². The standard InChI is InChI=1S/C15H16BrN3O/c1-20-13-3-2-10(16)8-11(13)12-4-7-18-14(19-12)15(9-17)5-6-15/h2-4,7-8H,5-6,9,17H2,1H3. The highest BCUT2D eigenvalue weighted by Crippen LogP contribution is 2.46. The third-order valence-corrected chi connectivity index (χ3v) is 4.30. The zero-order valence-corrected chi connectivity index (χ0v) is 12.9. The molecule has 1 aliphatic rings. The smallest absolute Gasteiger partial charge is 0.136 e. The highest BCUT2D eigenvalue weighted by molar-refractivity contribution is 9.10. The van der Waals surface area contributed by atoms with Crippen LogP contribution in [0.5, 0.6) is 5.75 Å². The van der Waals surface area contributed by atoms with Crippen LogP contribution in [0.15, 0.2) is 34.9 Å². The van der Waals surface area contributed by atoms with E-state index >= 15 is 0 Å². The summed E-state index contributed by atoms with van der Waals surface area (Å²) >= 11 is 3.49. The van der Waals surface area contributed by atoms with Crippen LogP contribution in [-0.2, 0) is 5.41 Å². The Morgan fingerprint density at radius 1 is 1.35 bits per heavy atom. The second-order valence-corrected chi connectivity index (χ2v) is 6.01. The van der Waals surface area contributed by atoms with E-state index in [2.05, 4.69) is 20.9 Å². The molecule has 104 valence electrons. The fourth-order valence-electron chi connectivity index (χ4n) is 2.31. The van der Waals surface area contributed by atoms with Crippen molar-refractivity contribution in [1.82, 2.24) is 9.97 Å². The molecule has 1 saturated carbocycles. The first kappa shape index (κ1) is 13.5. The molecule has 5 heteroatoms. The van der Waals surface area contributed by atoms with Gasteiger partial charge in [-0.05, 0) is 37.1 Å². The van der Waals surface area contributed by atoms with Crippen molar-refractivity contribution in [3.8, 4) is 17.0 Å². The highest BCUT2D eigenvalue weighted by Gasteiger charge is 2.45. The molecule has 0 bridgehead atoms. The zero-order valence-electron chi connectivity index (χ0n) is 11.3. The summed E-state index contributed by atoms with van der Waals surface area (Å²) in [7, 11) is 1.66. The van der Waals surface area contributed by atoms with Crippen LogP contribution in [0.1, 0.15) is 18.7 Å². The molecule has 1 aromatic carbocycles. The first-order chi connectivity index (χ1) is 9.68. The van der Waals surface area contributed by atoms with Crippen LogP contribution in [-0.4, -0.2) is 23.6 Å². The molecule has 0 unspecified atom stereocenters. The average Bonchev–Trinajstić information content (AvgIpc) is 3.28. The zero-order chi connectivity index (χ0) is 14.2. The topological polar surface area (TPSA) is 61.0 Å². The monoisotopic (exact) mass is 333 g/mol. The minimum Gasteiger partial charge on any atom is -0.496 e. The number of benzene rings is 1. The van der Waals surface area contributed by atoms with Gasteiger partial charge in [-0.2, -0.15) is 0 Å². The number of nitrogens with two attached hydrogens (primary N) is 1. The first-order valence-corrected chi connectivity index (χ1v) is 7.35. The van der Waals surface area contributed by atoms with Gasteiger partial charge in [0, 0.05) is 28.2 Å². The predicted octanol–water partition coefficient (Wildman–Crippen LogP) is 2.91. The SMILES string of the molecule is COc1ccc(Br)cc1-c1ccnc(C2(CN)CC2)n1. The molecule has 2 aromatic rings. The molecule has 0 atom stereocenters. The van der Waals surface area contributed by atoms with Gasteiger partial charge in [-0.1, -0.05) is 15.9 Å². The fraction of sp³-hybridized carbons (Fsp3) is 0.333. The molecular formula is C15H16BrN3O. The van der Waals surface area contributed by atoms with Crippen molar-refractivity contribution < 1.29 is 4.74 Å². The maximum absolute atomic E-state index is 5.86. The third kappa shape index (κ3) is 2.31. The molecule has 20 heavy (non-hydrogen) atoms. The van der Waals surface area contributed by atoms with Gasteiger partial charge in [0.1, 0.15) is 11.6 Å².